The van der Waals surface area contributed by atoms with E-state index in [0.29, 0.717) is 17.0 Å². The first-order valence-electron chi connectivity index (χ1n) is 9.79. The van der Waals surface area contributed by atoms with E-state index < -0.39 is 26.0 Å². The molecule has 0 unspecified atom stereocenters. The Labute approximate surface area is 192 Å². The molecule has 9 nitrogen and oxygen atoms in total. The number of nitrogens with one attached hydrogen (secondary N) is 3. The van der Waals surface area contributed by atoms with Gasteiger partial charge in [-0.05, 0) is 54.1 Å². The van der Waals surface area contributed by atoms with Crippen LogP contribution in [0, 0.1) is 0 Å². The topological polar surface area (TPSA) is 135 Å². The molecule has 3 aromatic rings. The molecule has 1 aromatic heterocycles. The van der Waals surface area contributed by atoms with E-state index in [9.17, 15) is 21.6 Å². The number of hydrogen-bond acceptors (Lipinski definition) is 6. The van der Waals surface area contributed by atoms with Gasteiger partial charge in [-0.25, -0.2) is 26.3 Å². The van der Waals surface area contributed by atoms with Crippen molar-refractivity contribution in [3.63, 3.8) is 0 Å². The molecule has 11 heteroatoms. The van der Waals surface area contributed by atoms with Gasteiger partial charge in [0.2, 0.25) is 20.0 Å². The first-order chi connectivity index (χ1) is 15.7. The number of carbonyl (C=O) groups is 1. The smallest absolute Gasteiger partial charge is 0.255 e. The normalized spacial score (nSPS) is 11.8. The Bertz CT molecular complexity index is 1300. The molecule has 0 fully saturated rings. The third-order valence-corrected chi connectivity index (χ3v) is 7.20. The van der Waals surface area contributed by atoms with Gasteiger partial charge >= 0.3 is 0 Å². The van der Waals surface area contributed by atoms with Gasteiger partial charge in [-0.15, -0.1) is 6.58 Å². The summed E-state index contributed by atoms with van der Waals surface area (Å²) >= 11 is 0. The zero-order valence-electron chi connectivity index (χ0n) is 17.5. The summed E-state index contributed by atoms with van der Waals surface area (Å²) in [6.45, 7) is 3.63. The Hall–Kier alpha value is -3.25. The van der Waals surface area contributed by atoms with Crippen LogP contribution in [0.3, 0.4) is 0 Å². The molecule has 0 aliphatic rings. The van der Waals surface area contributed by atoms with E-state index in [2.05, 4.69) is 21.3 Å². The second-order valence-electron chi connectivity index (χ2n) is 6.98. The van der Waals surface area contributed by atoms with E-state index >= 15 is 0 Å². The first kappa shape index (κ1) is 24.4. The van der Waals surface area contributed by atoms with Crippen LogP contribution in [0.15, 0.2) is 88.9 Å². The molecule has 33 heavy (non-hydrogen) atoms. The molecule has 1 heterocycles. The highest BCUT2D eigenvalue weighted by Gasteiger charge is 2.16. The molecule has 3 rings (SSSR count). The number of hydrogen-bond donors (Lipinski definition) is 3. The summed E-state index contributed by atoms with van der Waals surface area (Å²) in [5.41, 5.74) is 1.29. The summed E-state index contributed by atoms with van der Waals surface area (Å²) in [4.78, 5) is 12.5. The lowest BCUT2D eigenvalue weighted by molar-refractivity contribution is 0.102. The Balaban J connectivity index is 1.59. The molecule has 0 spiro atoms. The van der Waals surface area contributed by atoms with Crippen molar-refractivity contribution >= 4 is 31.6 Å². The summed E-state index contributed by atoms with van der Waals surface area (Å²) in [5, 5.41) is 2.69. The average molecular weight is 490 g/mol. The molecule has 1 amide bonds. The fraction of sp³-hybridized carbons (Fsp3) is 0.136. The maximum absolute atomic E-state index is 12.5. The fourth-order valence-corrected chi connectivity index (χ4v) is 4.89. The van der Waals surface area contributed by atoms with Crippen molar-refractivity contribution in [2.24, 2.45) is 0 Å². The number of amides is 1. The van der Waals surface area contributed by atoms with Crippen molar-refractivity contribution in [2.75, 3.05) is 11.9 Å². The molecule has 0 radical (unpaired) electrons. The zero-order valence-corrected chi connectivity index (χ0v) is 19.2. The van der Waals surface area contributed by atoms with Gasteiger partial charge in [0.05, 0.1) is 23.5 Å². The van der Waals surface area contributed by atoms with Gasteiger partial charge in [0.25, 0.3) is 5.91 Å². The highest BCUT2D eigenvalue weighted by molar-refractivity contribution is 7.89. The van der Waals surface area contributed by atoms with Crippen molar-refractivity contribution in [2.45, 2.75) is 17.2 Å². The maximum atomic E-state index is 12.5. The molecule has 0 aliphatic carbocycles. The second-order valence-corrected chi connectivity index (χ2v) is 10.5. The van der Waals surface area contributed by atoms with E-state index in [1.165, 1.54) is 36.6 Å². The highest BCUT2D eigenvalue weighted by atomic mass is 32.2. The fourth-order valence-electron chi connectivity index (χ4n) is 2.79. The van der Waals surface area contributed by atoms with Gasteiger partial charge in [-0.3, -0.25) is 4.79 Å². The number of carbonyl (C=O) groups excluding carboxylic acids is 1. The highest BCUT2D eigenvalue weighted by Crippen LogP contribution is 2.15. The minimum Gasteiger partial charge on any atom is -0.468 e. The zero-order chi connectivity index (χ0) is 23.9. The van der Waals surface area contributed by atoms with Crippen LogP contribution >= 0.6 is 0 Å². The summed E-state index contributed by atoms with van der Waals surface area (Å²) in [6.07, 6.45) is 2.91. The lowest BCUT2D eigenvalue weighted by atomic mass is 10.2. The van der Waals surface area contributed by atoms with Crippen LogP contribution in [0.2, 0.25) is 0 Å². The van der Waals surface area contributed by atoms with Crippen LogP contribution in [-0.2, 0) is 32.3 Å². The Morgan fingerprint density at radius 1 is 0.939 bits per heavy atom. The van der Waals surface area contributed by atoms with Crippen molar-refractivity contribution in [3.8, 4) is 0 Å². The minimum atomic E-state index is -3.76. The summed E-state index contributed by atoms with van der Waals surface area (Å²) in [6, 6.07) is 15.2. The van der Waals surface area contributed by atoms with Crippen molar-refractivity contribution in [1.29, 1.82) is 0 Å². The number of benzene rings is 2. The molecule has 2 aromatic carbocycles. The SMILES string of the molecule is C=CCNS(=O)(=O)Cc1ccc(NC(=O)c2ccc(S(=O)(=O)NCc3ccco3)cc2)cc1. The third-order valence-electron chi connectivity index (χ3n) is 4.46. The van der Waals surface area contributed by atoms with E-state index in [-0.39, 0.29) is 29.3 Å². The van der Waals surface area contributed by atoms with E-state index in [4.69, 9.17) is 4.42 Å². The number of anilines is 1. The molecular formula is C22H23N3O6S2. The first-order valence-corrected chi connectivity index (χ1v) is 12.9. The van der Waals surface area contributed by atoms with Gasteiger partial charge in [0.1, 0.15) is 5.76 Å². The van der Waals surface area contributed by atoms with Crippen LogP contribution in [0.1, 0.15) is 21.7 Å². The van der Waals surface area contributed by atoms with E-state index in [1.54, 1.807) is 36.4 Å². The molecular weight excluding hydrogens is 466 g/mol. The molecule has 0 saturated carbocycles. The molecule has 0 atom stereocenters. The number of rotatable bonds is 11. The van der Waals surface area contributed by atoms with Crippen LogP contribution in [0.5, 0.6) is 0 Å². The maximum Gasteiger partial charge on any atom is 0.255 e. The molecule has 0 aliphatic heterocycles. The number of furan rings is 1. The monoisotopic (exact) mass is 489 g/mol. The summed E-state index contributed by atoms with van der Waals surface area (Å²) in [7, 11) is -7.24. The van der Waals surface area contributed by atoms with Gasteiger partial charge in [0, 0.05) is 17.8 Å². The number of sulfonamides is 2. The summed E-state index contributed by atoms with van der Waals surface area (Å²) < 4.78 is 58.5. The Morgan fingerprint density at radius 3 is 2.24 bits per heavy atom. The van der Waals surface area contributed by atoms with Gasteiger partial charge in [-0.2, -0.15) is 0 Å². The molecule has 0 saturated heterocycles. The molecule has 174 valence electrons. The second kappa shape index (κ2) is 10.6. The average Bonchev–Trinajstić information content (AvgIpc) is 3.31. The van der Waals surface area contributed by atoms with Gasteiger partial charge in [-0.1, -0.05) is 18.2 Å². The lowest BCUT2D eigenvalue weighted by Gasteiger charge is -2.09. The Kier molecular flexibility index (Phi) is 7.82. The van der Waals surface area contributed by atoms with E-state index in [0.717, 1.165) is 0 Å². The summed E-state index contributed by atoms with van der Waals surface area (Å²) in [5.74, 6) is -0.152. The van der Waals surface area contributed by atoms with E-state index in [1.807, 2.05) is 0 Å². The third kappa shape index (κ3) is 7.12. The quantitative estimate of drug-likeness (QED) is 0.355. The molecule has 0 bridgehead atoms. The predicted molar refractivity (Wildman–Crippen MR) is 124 cm³/mol. The van der Waals surface area contributed by atoms with Crippen LogP contribution in [0.4, 0.5) is 5.69 Å². The van der Waals surface area contributed by atoms with Crippen molar-refractivity contribution < 1.29 is 26.0 Å². The van der Waals surface area contributed by atoms with Crippen LogP contribution in [0.25, 0.3) is 0 Å². The predicted octanol–water partition coefficient (Wildman–Crippen LogP) is 2.62. The van der Waals surface area contributed by atoms with Crippen molar-refractivity contribution in [3.05, 3.63) is 96.5 Å². The van der Waals surface area contributed by atoms with Crippen LogP contribution < -0.4 is 14.8 Å². The van der Waals surface area contributed by atoms with Crippen molar-refractivity contribution in [1.82, 2.24) is 9.44 Å². The van der Waals surface area contributed by atoms with Gasteiger partial charge in [0.15, 0.2) is 0 Å². The lowest BCUT2D eigenvalue weighted by Crippen LogP contribution is -2.25. The minimum absolute atomic E-state index is 0.0131. The van der Waals surface area contributed by atoms with Gasteiger partial charge < -0.3 is 9.73 Å². The molecule has 3 N–H and O–H groups in total. The standard InChI is InChI=1S/C22H23N3O6S2/c1-2-13-23-32(27,28)16-17-5-9-19(10-6-17)25-22(26)18-7-11-21(12-8-18)33(29,30)24-15-20-4-3-14-31-20/h2-12,14,23-24H,1,13,15-16H2,(H,25,26). The largest absolute Gasteiger partial charge is 0.468 e. The Morgan fingerprint density at radius 2 is 1.64 bits per heavy atom. The van der Waals surface area contributed by atoms with Crippen LogP contribution in [-0.4, -0.2) is 29.3 Å².